The van der Waals surface area contributed by atoms with Crippen molar-refractivity contribution < 1.29 is 4.39 Å². The minimum atomic E-state index is -0.280. The summed E-state index contributed by atoms with van der Waals surface area (Å²) in [6.45, 7) is 6.98. The number of hydrogen-bond acceptors (Lipinski definition) is 4. The molecule has 1 aromatic carbocycles. The molecule has 28 heavy (non-hydrogen) atoms. The number of nitrogens with zero attached hydrogens (tertiary/aromatic N) is 3. The predicted molar refractivity (Wildman–Crippen MR) is 113 cm³/mol. The summed E-state index contributed by atoms with van der Waals surface area (Å²) in [5, 5.41) is 0.791. The van der Waals surface area contributed by atoms with Crippen LogP contribution in [0, 0.1) is 5.82 Å². The molecular weight excluding hydrogens is 373 g/mol. The first kappa shape index (κ1) is 19.3. The van der Waals surface area contributed by atoms with Gasteiger partial charge < -0.3 is 0 Å². The van der Waals surface area contributed by atoms with Crippen LogP contribution in [0.3, 0.4) is 0 Å². The van der Waals surface area contributed by atoms with Crippen LogP contribution in [0.4, 0.5) is 4.39 Å². The van der Waals surface area contributed by atoms with Crippen molar-refractivity contribution in [1.82, 2.24) is 14.5 Å². The van der Waals surface area contributed by atoms with Gasteiger partial charge in [-0.05, 0) is 62.0 Å². The molecule has 4 rings (SSSR count). The smallest absolute Gasteiger partial charge is 0.262 e. The van der Waals surface area contributed by atoms with E-state index in [1.165, 1.54) is 29.0 Å². The van der Waals surface area contributed by atoms with Crippen LogP contribution in [0.25, 0.3) is 10.2 Å². The molecule has 2 aromatic heterocycles. The summed E-state index contributed by atoms with van der Waals surface area (Å²) in [4.78, 5) is 22.9. The Hall–Kier alpha value is -2.05. The lowest BCUT2D eigenvalue weighted by Gasteiger charge is -2.20. The summed E-state index contributed by atoms with van der Waals surface area (Å²) in [6, 6.07) is 6.49. The van der Waals surface area contributed by atoms with Crippen LogP contribution >= 0.6 is 11.3 Å². The number of halogens is 1. The van der Waals surface area contributed by atoms with E-state index < -0.39 is 0 Å². The summed E-state index contributed by atoms with van der Waals surface area (Å²) in [7, 11) is 0. The quantitative estimate of drug-likeness (QED) is 0.618. The third-order valence-electron chi connectivity index (χ3n) is 5.64. The highest BCUT2D eigenvalue weighted by Crippen LogP contribution is 2.34. The Morgan fingerprint density at radius 3 is 2.75 bits per heavy atom. The lowest BCUT2D eigenvalue weighted by Crippen LogP contribution is -2.31. The lowest BCUT2D eigenvalue weighted by molar-refractivity contribution is 0.282. The molecule has 2 heterocycles. The van der Waals surface area contributed by atoms with Gasteiger partial charge in [-0.1, -0.05) is 26.0 Å². The molecule has 0 saturated heterocycles. The van der Waals surface area contributed by atoms with Crippen molar-refractivity contribution in [2.75, 3.05) is 13.1 Å². The zero-order valence-electron chi connectivity index (χ0n) is 16.5. The Kier molecular flexibility index (Phi) is 5.60. The van der Waals surface area contributed by atoms with Gasteiger partial charge in [-0.15, -0.1) is 11.3 Å². The van der Waals surface area contributed by atoms with Gasteiger partial charge in [-0.3, -0.25) is 14.3 Å². The number of hydrogen-bond donors (Lipinski definition) is 0. The predicted octanol–water partition coefficient (Wildman–Crippen LogP) is 4.37. The van der Waals surface area contributed by atoms with Gasteiger partial charge in [0.15, 0.2) is 0 Å². The molecule has 0 amide bonds. The third-order valence-corrected chi connectivity index (χ3v) is 6.83. The van der Waals surface area contributed by atoms with Crippen molar-refractivity contribution in [3.05, 3.63) is 62.3 Å². The second kappa shape index (κ2) is 8.13. The maximum Gasteiger partial charge on any atom is 0.262 e. The molecule has 4 nitrogen and oxygen atoms in total. The minimum absolute atomic E-state index is 0.0239. The van der Waals surface area contributed by atoms with E-state index in [2.05, 4.69) is 18.7 Å². The van der Waals surface area contributed by atoms with Crippen molar-refractivity contribution in [3.63, 3.8) is 0 Å². The first-order valence-corrected chi connectivity index (χ1v) is 10.9. The van der Waals surface area contributed by atoms with E-state index in [1.54, 1.807) is 22.0 Å². The van der Waals surface area contributed by atoms with Crippen LogP contribution in [-0.4, -0.2) is 27.5 Å². The number of rotatable bonds is 6. The van der Waals surface area contributed by atoms with Crippen LogP contribution in [-0.2, 0) is 25.9 Å². The van der Waals surface area contributed by atoms with Crippen molar-refractivity contribution in [2.24, 2.45) is 0 Å². The normalized spacial score (nSPS) is 14.0. The average Bonchev–Trinajstić information content (AvgIpc) is 3.07. The fourth-order valence-corrected chi connectivity index (χ4v) is 5.30. The Labute approximate surface area is 168 Å². The Bertz CT molecular complexity index is 1050. The van der Waals surface area contributed by atoms with Gasteiger partial charge in [-0.25, -0.2) is 9.37 Å². The topological polar surface area (TPSA) is 38.1 Å². The van der Waals surface area contributed by atoms with E-state index in [4.69, 9.17) is 4.98 Å². The van der Waals surface area contributed by atoms with Crippen LogP contribution < -0.4 is 5.56 Å². The molecular formula is C22H26FN3OS. The fraction of sp³-hybridized carbons (Fsp3) is 0.455. The minimum Gasteiger partial charge on any atom is -0.297 e. The zero-order chi connectivity index (χ0) is 19.7. The number of aryl methyl sites for hydroxylation is 2. The summed E-state index contributed by atoms with van der Waals surface area (Å²) in [5.41, 5.74) is 2.01. The summed E-state index contributed by atoms with van der Waals surface area (Å²) >= 11 is 1.68. The molecule has 0 fully saturated rings. The maximum atomic E-state index is 13.7. The first-order valence-electron chi connectivity index (χ1n) is 10.1. The van der Waals surface area contributed by atoms with Gasteiger partial charge in [0, 0.05) is 4.88 Å². The second-order valence-electron chi connectivity index (χ2n) is 7.40. The molecule has 0 atom stereocenters. The van der Waals surface area contributed by atoms with Gasteiger partial charge in [-0.2, -0.15) is 0 Å². The summed E-state index contributed by atoms with van der Waals surface area (Å²) < 4.78 is 15.5. The van der Waals surface area contributed by atoms with E-state index >= 15 is 0 Å². The number of thiophene rings is 1. The van der Waals surface area contributed by atoms with E-state index in [-0.39, 0.29) is 11.4 Å². The zero-order valence-corrected chi connectivity index (χ0v) is 17.3. The number of fused-ring (bicyclic) bond motifs is 3. The molecule has 0 bridgehead atoms. The lowest BCUT2D eigenvalue weighted by atomic mass is 9.97. The summed E-state index contributed by atoms with van der Waals surface area (Å²) in [6.07, 6.45) is 4.32. The van der Waals surface area contributed by atoms with Gasteiger partial charge in [0.2, 0.25) is 0 Å². The molecule has 3 aromatic rings. The van der Waals surface area contributed by atoms with Gasteiger partial charge in [0.1, 0.15) is 16.5 Å². The summed E-state index contributed by atoms with van der Waals surface area (Å²) in [5.74, 6) is 0.488. The number of aromatic nitrogens is 2. The standard InChI is InChI=1S/C22H26FN3OS/c1-3-25(4-2)14-19-24-21-20(17-10-5-6-11-18(17)28-21)22(27)26(19)13-15-8-7-9-16(23)12-15/h7-9,12H,3-6,10-11,13-14H2,1-2H3. The van der Waals surface area contributed by atoms with Gasteiger partial charge >= 0.3 is 0 Å². The van der Waals surface area contributed by atoms with E-state index in [0.29, 0.717) is 13.1 Å². The Balaban J connectivity index is 1.87. The van der Waals surface area contributed by atoms with E-state index in [1.807, 2.05) is 6.07 Å². The molecule has 6 heteroatoms. The molecule has 0 unspecified atom stereocenters. The van der Waals surface area contributed by atoms with Crippen LogP contribution in [0.1, 0.15) is 48.5 Å². The van der Waals surface area contributed by atoms with Crippen LogP contribution in [0.5, 0.6) is 0 Å². The van der Waals surface area contributed by atoms with Crippen molar-refractivity contribution >= 4 is 21.6 Å². The highest BCUT2D eigenvalue weighted by Gasteiger charge is 2.22. The van der Waals surface area contributed by atoms with Crippen molar-refractivity contribution in [2.45, 2.75) is 52.6 Å². The number of benzene rings is 1. The second-order valence-corrected chi connectivity index (χ2v) is 8.49. The highest BCUT2D eigenvalue weighted by atomic mass is 32.1. The molecule has 148 valence electrons. The molecule has 0 N–H and O–H groups in total. The molecule has 0 aliphatic heterocycles. The molecule has 1 aliphatic carbocycles. The SMILES string of the molecule is CCN(CC)Cc1nc2sc3c(c2c(=O)n1Cc1cccc(F)c1)CCCC3. The van der Waals surface area contributed by atoms with E-state index in [9.17, 15) is 9.18 Å². The fourth-order valence-electron chi connectivity index (χ4n) is 4.03. The average molecular weight is 400 g/mol. The molecule has 0 spiro atoms. The van der Waals surface area contributed by atoms with E-state index in [0.717, 1.165) is 54.0 Å². The molecule has 1 aliphatic rings. The Morgan fingerprint density at radius 1 is 1.21 bits per heavy atom. The first-order chi connectivity index (χ1) is 13.6. The largest absolute Gasteiger partial charge is 0.297 e. The van der Waals surface area contributed by atoms with Gasteiger partial charge in [0.05, 0.1) is 18.5 Å². The Morgan fingerprint density at radius 2 is 2.00 bits per heavy atom. The molecule has 0 radical (unpaired) electrons. The van der Waals surface area contributed by atoms with Crippen molar-refractivity contribution in [3.8, 4) is 0 Å². The third kappa shape index (κ3) is 3.63. The highest BCUT2D eigenvalue weighted by molar-refractivity contribution is 7.18. The maximum absolute atomic E-state index is 13.7. The van der Waals surface area contributed by atoms with Crippen LogP contribution in [0.15, 0.2) is 29.1 Å². The van der Waals surface area contributed by atoms with Crippen LogP contribution in [0.2, 0.25) is 0 Å². The monoisotopic (exact) mass is 399 g/mol. The molecule has 0 saturated carbocycles. The van der Waals surface area contributed by atoms with Gasteiger partial charge in [0.25, 0.3) is 5.56 Å². The van der Waals surface area contributed by atoms with Crippen molar-refractivity contribution in [1.29, 1.82) is 0 Å².